The van der Waals surface area contributed by atoms with Gasteiger partial charge in [-0.2, -0.15) is 5.10 Å². The van der Waals surface area contributed by atoms with Crippen LogP contribution < -0.4 is 0 Å². The van der Waals surface area contributed by atoms with Crippen molar-refractivity contribution >= 4 is 0 Å². The molecule has 3 rings (SSSR count). The Morgan fingerprint density at radius 2 is 2.00 bits per heavy atom. The Bertz CT molecular complexity index is 797. The highest BCUT2D eigenvalue weighted by molar-refractivity contribution is 5.55. The van der Waals surface area contributed by atoms with Crippen LogP contribution in [0.4, 0.5) is 0 Å². The fourth-order valence-corrected chi connectivity index (χ4v) is 2.59. The second-order valence-corrected chi connectivity index (χ2v) is 6.56. The summed E-state index contributed by atoms with van der Waals surface area (Å²) < 4.78 is 9.55. The molecule has 7 nitrogen and oxygen atoms in total. The van der Waals surface area contributed by atoms with E-state index in [9.17, 15) is 0 Å². The van der Waals surface area contributed by atoms with E-state index in [4.69, 9.17) is 4.42 Å². The lowest BCUT2D eigenvalue weighted by molar-refractivity contribution is 0.223. The average molecular weight is 328 g/mol. The van der Waals surface area contributed by atoms with Crippen LogP contribution in [0.25, 0.3) is 11.3 Å². The lowest BCUT2D eigenvalue weighted by Gasteiger charge is -2.21. The predicted octanol–water partition coefficient (Wildman–Crippen LogP) is 2.93. The van der Waals surface area contributed by atoms with Crippen LogP contribution in [0.3, 0.4) is 0 Å². The molecule has 0 saturated carbocycles. The first kappa shape index (κ1) is 16.4. The molecule has 0 radical (unpaired) electrons. The number of hydrogen-bond donors (Lipinski definition) is 0. The van der Waals surface area contributed by atoms with Crippen molar-refractivity contribution in [2.75, 3.05) is 14.1 Å². The van der Waals surface area contributed by atoms with Gasteiger partial charge in [-0.05, 0) is 47.0 Å². The van der Waals surface area contributed by atoms with Crippen LogP contribution >= 0.6 is 0 Å². The number of hydrogen-bond acceptors (Lipinski definition) is 5. The number of likely N-dealkylation sites (N-methyl/N-ethyl adjacent to an activating group) is 1. The molecule has 0 saturated heterocycles. The monoisotopic (exact) mass is 328 g/mol. The first-order valence-corrected chi connectivity index (χ1v) is 8.11. The smallest absolute Gasteiger partial charge is 0.123 e. The van der Waals surface area contributed by atoms with Crippen LogP contribution in [0.5, 0.6) is 0 Å². The van der Waals surface area contributed by atoms with Crippen LogP contribution in [0.15, 0.2) is 35.1 Å². The van der Waals surface area contributed by atoms with E-state index in [1.54, 1.807) is 0 Å². The highest BCUT2D eigenvalue weighted by Crippen LogP contribution is 2.23. The van der Waals surface area contributed by atoms with Crippen LogP contribution in [-0.2, 0) is 6.54 Å². The van der Waals surface area contributed by atoms with Gasteiger partial charge in [0.2, 0.25) is 0 Å². The van der Waals surface area contributed by atoms with Gasteiger partial charge in [-0.3, -0.25) is 9.58 Å². The van der Waals surface area contributed by atoms with Gasteiger partial charge in [0, 0.05) is 17.8 Å². The second kappa shape index (κ2) is 6.60. The van der Waals surface area contributed by atoms with Crippen LogP contribution in [0.2, 0.25) is 0 Å². The minimum Gasteiger partial charge on any atom is -0.465 e. The van der Waals surface area contributed by atoms with Crippen LogP contribution in [0, 0.1) is 6.92 Å². The summed E-state index contributed by atoms with van der Waals surface area (Å²) in [5, 5.41) is 12.9. The number of nitrogens with zero attached hydrogens (tertiary/aromatic N) is 6. The first-order valence-electron chi connectivity index (χ1n) is 8.11. The number of rotatable bonds is 6. The molecule has 3 aromatic heterocycles. The fourth-order valence-electron chi connectivity index (χ4n) is 2.59. The summed E-state index contributed by atoms with van der Waals surface area (Å²) in [5.41, 5.74) is 1.81. The number of aromatic nitrogens is 5. The molecule has 1 atom stereocenters. The summed E-state index contributed by atoms with van der Waals surface area (Å²) >= 11 is 0. The maximum absolute atomic E-state index is 5.78. The molecule has 128 valence electrons. The van der Waals surface area contributed by atoms with Crippen LogP contribution in [-0.4, -0.2) is 43.8 Å². The molecule has 0 bridgehead atoms. The summed E-state index contributed by atoms with van der Waals surface area (Å²) in [6, 6.07) is 4.43. The minimum atomic E-state index is 0.103. The van der Waals surface area contributed by atoms with Gasteiger partial charge in [-0.1, -0.05) is 5.21 Å². The van der Waals surface area contributed by atoms with Crippen molar-refractivity contribution in [3.05, 3.63) is 42.2 Å². The van der Waals surface area contributed by atoms with Gasteiger partial charge in [0.15, 0.2) is 0 Å². The number of aryl methyl sites for hydroxylation is 1. The van der Waals surface area contributed by atoms with Gasteiger partial charge in [0.1, 0.15) is 17.2 Å². The molecule has 0 aliphatic heterocycles. The van der Waals surface area contributed by atoms with E-state index in [1.165, 1.54) is 0 Å². The first-order chi connectivity index (χ1) is 11.4. The normalized spacial score (nSPS) is 13.1. The standard InChI is InChI=1S/C17H24N6O/c1-12(2)23-9-14(8-18-23)15-10-22(20-19-15)11-16(21(4)5)17-7-6-13(3)24-17/h6-10,12,16H,11H2,1-5H3/t16-/m0/s1. The third-order valence-corrected chi connectivity index (χ3v) is 4.04. The maximum atomic E-state index is 5.78. The second-order valence-electron chi connectivity index (χ2n) is 6.56. The molecule has 7 heteroatoms. The Labute approximate surface area is 141 Å². The molecule has 24 heavy (non-hydrogen) atoms. The van der Waals surface area contributed by atoms with Crippen molar-refractivity contribution in [1.82, 2.24) is 29.7 Å². The maximum Gasteiger partial charge on any atom is 0.123 e. The molecule has 0 fully saturated rings. The molecule has 0 N–H and O–H groups in total. The average Bonchev–Trinajstić information content (AvgIpc) is 3.24. The Balaban J connectivity index is 1.79. The topological polar surface area (TPSA) is 64.9 Å². The zero-order valence-corrected chi connectivity index (χ0v) is 14.8. The fraction of sp³-hybridized carbons (Fsp3) is 0.471. The molecule has 0 aliphatic rings. The highest BCUT2D eigenvalue weighted by Gasteiger charge is 2.19. The molecule has 0 spiro atoms. The Morgan fingerprint density at radius 3 is 2.58 bits per heavy atom. The molecule has 0 aromatic carbocycles. The molecule has 0 amide bonds. The van der Waals surface area contributed by atoms with E-state index in [0.717, 1.165) is 22.8 Å². The molecule has 0 unspecified atom stereocenters. The SMILES string of the molecule is Cc1ccc([C@H](Cn2cc(-c3cnn(C(C)C)c3)nn2)N(C)C)o1. The predicted molar refractivity (Wildman–Crippen MR) is 91.5 cm³/mol. The Hall–Kier alpha value is -2.41. The quantitative estimate of drug-likeness (QED) is 0.696. The van der Waals surface area contributed by atoms with Gasteiger partial charge >= 0.3 is 0 Å². The molecule has 3 heterocycles. The highest BCUT2D eigenvalue weighted by atomic mass is 16.3. The van der Waals surface area contributed by atoms with Crippen molar-refractivity contribution < 1.29 is 4.42 Å². The summed E-state index contributed by atoms with van der Waals surface area (Å²) in [4.78, 5) is 2.12. The van der Waals surface area contributed by atoms with Crippen molar-refractivity contribution in [3.8, 4) is 11.3 Å². The lowest BCUT2D eigenvalue weighted by Crippen LogP contribution is -2.24. The zero-order valence-electron chi connectivity index (χ0n) is 14.8. The van der Waals surface area contributed by atoms with Crippen molar-refractivity contribution in [2.45, 2.75) is 39.4 Å². The van der Waals surface area contributed by atoms with E-state index in [1.807, 2.05) is 61.1 Å². The van der Waals surface area contributed by atoms with E-state index < -0.39 is 0 Å². The van der Waals surface area contributed by atoms with Crippen molar-refractivity contribution in [2.24, 2.45) is 0 Å². The molecule has 0 aliphatic carbocycles. The largest absolute Gasteiger partial charge is 0.465 e. The summed E-state index contributed by atoms with van der Waals surface area (Å²) in [6.45, 7) is 6.82. The third-order valence-electron chi connectivity index (χ3n) is 4.04. The van der Waals surface area contributed by atoms with Gasteiger partial charge in [-0.25, -0.2) is 4.68 Å². The lowest BCUT2D eigenvalue weighted by atomic mass is 10.2. The Kier molecular flexibility index (Phi) is 4.53. The van der Waals surface area contributed by atoms with Crippen molar-refractivity contribution in [1.29, 1.82) is 0 Å². The third kappa shape index (κ3) is 3.41. The molecule has 3 aromatic rings. The van der Waals surface area contributed by atoms with E-state index in [0.29, 0.717) is 12.6 Å². The van der Waals surface area contributed by atoms with Gasteiger partial charge < -0.3 is 4.42 Å². The van der Waals surface area contributed by atoms with E-state index in [-0.39, 0.29) is 6.04 Å². The van der Waals surface area contributed by atoms with Crippen LogP contribution in [0.1, 0.15) is 37.5 Å². The molecular formula is C17H24N6O. The van der Waals surface area contributed by atoms with Gasteiger partial charge in [0.05, 0.1) is 25.0 Å². The summed E-state index contributed by atoms with van der Waals surface area (Å²) in [6.07, 6.45) is 5.78. The molecular weight excluding hydrogens is 304 g/mol. The van der Waals surface area contributed by atoms with E-state index in [2.05, 4.69) is 34.2 Å². The minimum absolute atomic E-state index is 0.103. The van der Waals surface area contributed by atoms with Gasteiger partial charge in [0.25, 0.3) is 0 Å². The number of furan rings is 1. The summed E-state index contributed by atoms with van der Waals surface area (Å²) in [5.74, 6) is 1.85. The summed E-state index contributed by atoms with van der Waals surface area (Å²) in [7, 11) is 4.07. The zero-order chi connectivity index (χ0) is 17.3. The van der Waals surface area contributed by atoms with E-state index >= 15 is 0 Å². The van der Waals surface area contributed by atoms with Crippen molar-refractivity contribution in [3.63, 3.8) is 0 Å². The Morgan fingerprint density at radius 1 is 1.21 bits per heavy atom. The van der Waals surface area contributed by atoms with Gasteiger partial charge in [-0.15, -0.1) is 5.10 Å².